The highest BCUT2D eigenvalue weighted by atomic mass is 16.6. The zero-order valence-corrected chi connectivity index (χ0v) is 12.5. The van der Waals surface area contributed by atoms with Crippen molar-refractivity contribution in [1.29, 1.82) is 0 Å². The van der Waals surface area contributed by atoms with E-state index in [4.69, 9.17) is 4.74 Å². The monoisotopic (exact) mass is 311 g/mol. The van der Waals surface area contributed by atoms with Gasteiger partial charge in [0.1, 0.15) is 6.61 Å². The Labute approximate surface area is 134 Å². The molecule has 1 amide bonds. The van der Waals surface area contributed by atoms with E-state index in [2.05, 4.69) is 0 Å². The van der Waals surface area contributed by atoms with Gasteiger partial charge in [-0.1, -0.05) is 54.6 Å². The Morgan fingerprint density at radius 1 is 1.09 bits per heavy atom. The van der Waals surface area contributed by atoms with Crippen molar-refractivity contribution in [2.45, 2.75) is 19.1 Å². The molecule has 0 radical (unpaired) electrons. The summed E-state index contributed by atoms with van der Waals surface area (Å²) in [7, 11) is 0. The van der Waals surface area contributed by atoms with Crippen LogP contribution >= 0.6 is 0 Å². The Morgan fingerprint density at radius 3 is 2.52 bits per heavy atom. The number of ether oxygens (including phenoxy) is 1. The molecule has 1 unspecified atom stereocenters. The molecule has 5 heteroatoms. The van der Waals surface area contributed by atoms with Crippen molar-refractivity contribution in [2.24, 2.45) is 0 Å². The largest absolute Gasteiger partial charge is 0.479 e. The van der Waals surface area contributed by atoms with Crippen molar-refractivity contribution in [3.8, 4) is 0 Å². The number of hydrogen-bond acceptors (Lipinski definition) is 3. The van der Waals surface area contributed by atoms with E-state index in [1.807, 2.05) is 42.5 Å². The van der Waals surface area contributed by atoms with E-state index in [1.165, 1.54) is 4.90 Å². The fourth-order valence-corrected chi connectivity index (χ4v) is 2.83. The molecule has 0 saturated carbocycles. The molecule has 0 fully saturated rings. The first-order chi connectivity index (χ1) is 11.2. The van der Waals surface area contributed by atoms with Gasteiger partial charge in [0.15, 0.2) is 6.04 Å². The normalized spacial score (nSPS) is 16.5. The molecule has 1 atom stereocenters. The Balaban J connectivity index is 1.76. The van der Waals surface area contributed by atoms with Crippen LogP contribution in [0.1, 0.15) is 22.7 Å². The standard InChI is InChI=1S/C18H17NO4/c20-17(21)16-15-9-5-4-8-14(15)10-11-19(16)18(22)23-12-13-6-2-1-3-7-13/h1-9,16H,10-12H2,(H,20,21). The predicted octanol–water partition coefficient (Wildman–Crippen LogP) is 3.01. The molecule has 2 aromatic carbocycles. The van der Waals surface area contributed by atoms with Gasteiger partial charge in [0.25, 0.3) is 0 Å². The van der Waals surface area contributed by atoms with Crippen LogP contribution in [0, 0.1) is 0 Å². The lowest BCUT2D eigenvalue weighted by Crippen LogP contribution is -2.43. The third-order valence-electron chi connectivity index (χ3n) is 3.96. The molecule has 0 aromatic heterocycles. The number of carboxylic acids is 1. The minimum Gasteiger partial charge on any atom is -0.479 e. The highest BCUT2D eigenvalue weighted by molar-refractivity contribution is 5.82. The van der Waals surface area contributed by atoms with Crippen LogP contribution in [0.15, 0.2) is 54.6 Å². The number of carbonyl (C=O) groups is 2. The number of aliphatic carboxylic acids is 1. The molecule has 0 aliphatic carbocycles. The van der Waals surface area contributed by atoms with Gasteiger partial charge in [-0.2, -0.15) is 0 Å². The smallest absolute Gasteiger partial charge is 0.411 e. The summed E-state index contributed by atoms with van der Waals surface area (Å²) in [5.41, 5.74) is 2.49. The highest BCUT2D eigenvalue weighted by Gasteiger charge is 2.36. The molecule has 2 aromatic rings. The predicted molar refractivity (Wildman–Crippen MR) is 83.9 cm³/mol. The van der Waals surface area contributed by atoms with E-state index in [1.54, 1.807) is 12.1 Å². The first-order valence-electron chi connectivity index (χ1n) is 7.45. The lowest BCUT2D eigenvalue weighted by molar-refractivity contribution is -0.143. The second-order valence-corrected chi connectivity index (χ2v) is 5.42. The van der Waals surface area contributed by atoms with Crippen molar-refractivity contribution in [3.63, 3.8) is 0 Å². The van der Waals surface area contributed by atoms with Crippen molar-refractivity contribution in [1.82, 2.24) is 4.90 Å². The van der Waals surface area contributed by atoms with E-state index in [9.17, 15) is 14.7 Å². The average molecular weight is 311 g/mol. The molecular weight excluding hydrogens is 294 g/mol. The van der Waals surface area contributed by atoms with Gasteiger partial charge in [-0.15, -0.1) is 0 Å². The van der Waals surface area contributed by atoms with E-state index in [-0.39, 0.29) is 6.61 Å². The highest BCUT2D eigenvalue weighted by Crippen LogP contribution is 2.30. The zero-order chi connectivity index (χ0) is 16.2. The van der Waals surface area contributed by atoms with Gasteiger partial charge in [0.05, 0.1) is 0 Å². The lowest BCUT2D eigenvalue weighted by atomic mass is 9.93. The quantitative estimate of drug-likeness (QED) is 0.946. The van der Waals surface area contributed by atoms with Crippen molar-refractivity contribution < 1.29 is 19.4 Å². The maximum atomic E-state index is 12.3. The fraction of sp³-hybridized carbons (Fsp3) is 0.222. The SMILES string of the molecule is O=C(O)C1c2ccccc2CCN1C(=O)OCc1ccccc1. The molecule has 0 saturated heterocycles. The van der Waals surface area contributed by atoms with Crippen LogP contribution in [0.2, 0.25) is 0 Å². The maximum Gasteiger partial charge on any atom is 0.411 e. The van der Waals surface area contributed by atoms with Gasteiger partial charge >= 0.3 is 12.1 Å². The summed E-state index contributed by atoms with van der Waals surface area (Å²) in [5, 5.41) is 9.54. The summed E-state index contributed by atoms with van der Waals surface area (Å²) in [5.74, 6) is -1.05. The summed E-state index contributed by atoms with van der Waals surface area (Å²) in [6.07, 6.45) is 0.0242. The Kier molecular flexibility index (Phi) is 4.28. The minimum absolute atomic E-state index is 0.129. The van der Waals surface area contributed by atoms with Crippen LogP contribution in [0.3, 0.4) is 0 Å². The van der Waals surface area contributed by atoms with Crippen LogP contribution in [0.5, 0.6) is 0 Å². The molecule has 118 valence electrons. The maximum absolute atomic E-state index is 12.3. The lowest BCUT2D eigenvalue weighted by Gasteiger charge is -2.33. The Bertz CT molecular complexity index is 714. The molecule has 0 spiro atoms. The summed E-state index contributed by atoms with van der Waals surface area (Å²) < 4.78 is 5.29. The third kappa shape index (κ3) is 3.18. The van der Waals surface area contributed by atoms with Crippen LogP contribution in [-0.2, 0) is 22.6 Å². The Hall–Kier alpha value is -2.82. The fourth-order valence-electron chi connectivity index (χ4n) is 2.83. The van der Waals surface area contributed by atoms with E-state index in [0.717, 1.165) is 11.1 Å². The molecule has 0 bridgehead atoms. The van der Waals surface area contributed by atoms with Gasteiger partial charge < -0.3 is 9.84 Å². The van der Waals surface area contributed by atoms with E-state index in [0.29, 0.717) is 18.5 Å². The van der Waals surface area contributed by atoms with Crippen molar-refractivity contribution in [3.05, 3.63) is 71.3 Å². The molecule has 1 heterocycles. The van der Waals surface area contributed by atoms with Gasteiger partial charge in [0, 0.05) is 6.54 Å². The molecular formula is C18H17NO4. The number of amides is 1. The number of rotatable bonds is 3. The zero-order valence-electron chi connectivity index (χ0n) is 12.5. The van der Waals surface area contributed by atoms with Gasteiger partial charge in [0.2, 0.25) is 0 Å². The third-order valence-corrected chi connectivity index (χ3v) is 3.96. The van der Waals surface area contributed by atoms with Crippen LogP contribution < -0.4 is 0 Å². The molecule has 1 aliphatic heterocycles. The number of carbonyl (C=O) groups excluding carboxylic acids is 1. The van der Waals surface area contributed by atoms with Gasteiger partial charge in [-0.25, -0.2) is 9.59 Å². The Morgan fingerprint density at radius 2 is 1.78 bits per heavy atom. The average Bonchev–Trinajstić information content (AvgIpc) is 2.59. The summed E-state index contributed by atoms with van der Waals surface area (Å²) >= 11 is 0. The molecule has 3 rings (SSSR count). The first kappa shape index (κ1) is 15.1. The number of fused-ring (bicyclic) bond motifs is 1. The molecule has 1 N–H and O–H groups in total. The van der Waals surface area contributed by atoms with Crippen LogP contribution in [-0.4, -0.2) is 28.6 Å². The first-order valence-corrected chi connectivity index (χ1v) is 7.45. The second kappa shape index (κ2) is 6.52. The molecule has 5 nitrogen and oxygen atoms in total. The van der Waals surface area contributed by atoms with E-state index < -0.39 is 18.1 Å². The van der Waals surface area contributed by atoms with Crippen molar-refractivity contribution in [2.75, 3.05) is 6.54 Å². The summed E-state index contributed by atoms with van der Waals surface area (Å²) in [6, 6.07) is 15.6. The molecule has 1 aliphatic rings. The van der Waals surface area contributed by atoms with Gasteiger partial charge in [-0.3, -0.25) is 4.90 Å². The van der Waals surface area contributed by atoms with Gasteiger partial charge in [-0.05, 0) is 23.1 Å². The number of nitrogens with zero attached hydrogens (tertiary/aromatic N) is 1. The van der Waals surface area contributed by atoms with Crippen LogP contribution in [0.4, 0.5) is 4.79 Å². The van der Waals surface area contributed by atoms with Crippen molar-refractivity contribution >= 4 is 12.1 Å². The number of benzene rings is 2. The van der Waals surface area contributed by atoms with Crippen LogP contribution in [0.25, 0.3) is 0 Å². The minimum atomic E-state index is -1.05. The molecule has 23 heavy (non-hydrogen) atoms. The number of hydrogen-bond donors (Lipinski definition) is 1. The van der Waals surface area contributed by atoms with E-state index >= 15 is 0 Å². The number of carboxylic acid groups (broad SMARTS) is 1. The summed E-state index contributed by atoms with van der Waals surface area (Å²) in [6.45, 7) is 0.464. The summed E-state index contributed by atoms with van der Waals surface area (Å²) in [4.78, 5) is 25.3. The second-order valence-electron chi connectivity index (χ2n) is 5.42. The topological polar surface area (TPSA) is 66.8 Å².